The molecule has 0 radical (unpaired) electrons. The fourth-order valence-electron chi connectivity index (χ4n) is 1.29. The SMILES string of the molecule is CC(CC=O)CC(C)C(N)C(=O)O. The number of carboxylic acid groups (broad SMARTS) is 1. The van der Waals surface area contributed by atoms with Crippen molar-refractivity contribution in [2.24, 2.45) is 17.6 Å². The van der Waals surface area contributed by atoms with Gasteiger partial charge in [-0.1, -0.05) is 13.8 Å². The highest BCUT2D eigenvalue weighted by atomic mass is 16.4. The van der Waals surface area contributed by atoms with Gasteiger partial charge in [0.1, 0.15) is 12.3 Å². The molecule has 4 heteroatoms. The molecule has 0 saturated carbocycles. The molecule has 0 aliphatic carbocycles. The molecule has 0 bridgehead atoms. The van der Waals surface area contributed by atoms with Crippen LogP contribution >= 0.6 is 0 Å². The lowest BCUT2D eigenvalue weighted by atomic mass is 9.90. The van der Waals surface area contributed by atoms with E-state index in [0.29, 0.717) is 12.8 Å². The van der Waals surface area contributed by atoms with Crippen molar-refractivity contribution in [1.82, 2.24) is 0 Å². The molecular formula is C9H17NO3. The summed E-state index contributed by atoms with van der Waals surface area (Å²) in [6.07, 6.45) is 1.99. The molecule has 4 nitrogen and oxygen atoms in total. The Morgan fingerprint density at radius 3 is 2.46 bits per heavy atom. The fraction of sp³-hybridized carbons (Fsp3) is 0.778. The van der Waals surface area contributed by atoms with Gasteiger partial charge in [0.2, 0.25) is 0 Å². The van der Waals surface area contributed by atoms with E-state index in [-0.39, 0.29) is 11.8 Å². The number of carboxylic acids is 1. The highest BCUT2D eigenvalue weighted by Crippen LogP contribution is 2.16. The summed E-state index contributed by atoms with van der Waals surface area (Å²) in [5, 5.41) is 8.60. The quantitative estimate of drug-likeness (QED) is 0.598. The zero-order valence-corrected chi connectivity index (χ0v) is 8.06. The summed E-state index contributed by atoms with van der Waals surface area (Å²) in [4.78, 5) is 20.6. The number of carbonyl (C=O) groups is 2. The Morgan fingerprint density at radius 2 is 2.08 bits per heavy atom. The molecule has 0 saturated heterocycles. The molecule has 0 aliphatic heterocycles. The summed E-state index contributed by atoms with van der Waals surface area (Å²) < 4.78 is 0. The first-order valence-electron chi connectivity index (χ1n) is 4.41. The minimum absolute atomic E-state index is 0.0903. The number of hydrogen-bond donors (Lipinski definition) is 2. The highest BCUT2D eigenvalue weighted by molar-refractivity contribution is 5.73. The predicted molar refractivity (Wildman–Crippen MR) is 49.2 cm³/mol. The minimum Gasteiger partial charge on any atom is -0.480 e. The molecule has 0 aromatic carbocycles. The third-order valence-corrected chi connectivity index (χ3v) is 2.17. The topological polar surface area (TPSA) is 80.4 Å². The molecule has 0 aromatic heterocycles. The number of carbonyl (C=O) groups excluding carboxylic acids is 1. The molecule has 3 unspecified atom stereocenters. The van der Waals surface area contributed by atoms with Crippen LogP contribution in [-0.2, 0) is 9.59 Å². The molecule has 0 rings (SSSR count). The van der Waals surface area contributed by atoms with Crippen molar-refractivity contribution < 1.29 is 14.7 Å². The van der Waals surface area contributed by atoms with Gasteiger partial charge in [0, 0.05) is 6.42 Å². The van der Waals surface area contributed by atoms with Gasteiger partial charge >= 0.3 is 5.97 Å². The normalized spacial score (nSPS) is 17.5. The zero-order chi connectivity index (χ0) is 10.4. The second-order valence-electron chi connectivity index (χ2n) is 3.58. The second kappa shape index (κ2) is 5.70. The number of rotatable bonds is 6. The molecule has 3 atom stereocenters. The summed E-state index contributed by atoms with van der Waals surface area (Å²) >= 11 is 0. The van der Waals surface area contributed by atoms with Gasteiger partial charge in [0.15, 0.2) is 0 Å². The van der Waals surface area contributed by atoms with E-state index in [0.717, 1.165) is 6.29 Å². The predicted octanol–water partition coefficient (Wildman–Crippen LogP) is 0.650. The van der Waals surface area contributed by atoms with Crippen molar-refractivity contribution >= 4 is 12.3 Å². The van der Waals surface area contributed by atoms with E-state index in [1.165, 1.54) is 0 Å². The monoisotopic (exact) mass is 187 g/mol. The highest BCUT2D eigenvalue weighted by Gasteiger charge is 2.21. The second-order valence-corrected chi connectivity index (χ2v) is 3.58. The lowest BCUT2D eigenvalue weighted by molar-refractivity contribution is -0.139. The molecule has 0 aromatic rings. The number of aliphatic carboxylic acids is 1. The van der Waals surface area contributed by atoms with E-state index < -0.39 is 12.0 Å². The molecule has 0 fully saturated rings. The van der Waals surface area contributed by atoms with Crippen LogP contribution in [0.1, 0.15) is 26.7 Å². The van der Waals surface area contributed by atoms with Gasteiger partial charge in [-0.25, -0.2) is 0 Å². The average molecular weight is 187 g/mol. The van der Waals surface area contributed by atoms with Crippen LogP contribution in [0, 0.1) is 11.8 Å². The molecule has 0 heterocycles. The van der Waals surface area contributed by atoms with Crippen LogP contribution in [0.25, 0.3) is 0 Å². The maximum atomic E-state index is 10.5. The van der Waals surface area contributed by atoms with Crippen LogP contribution < -0.4 is 5.73 Å². The largest absolute Gasteiger partial charge is 0.480 e. The van der Waals surface area contributed by atoms with Gasteiger partial charge in [-0.05, 0) is 18.3 Å². The minimum atomic E-state index is -0.981. The Morgan fingerprint density at radius 1 is 1.54 bits per heavy atom. The van der Waals surface area contributed by atoms with Gasteiger partial charge in [-0.2, -0.15) is 0 Å². The van der Waals surface area contributed by atoms with E-state index in [9.17, 15) is 9.59 Å². The van der Waals surface area contributed by atoms with Crippen LogP contribution in [0.4, 0.5) is 0 Å². The Hall–Kier alpha value is -0.900. The number of aldehydes is 1. The molecule has 13 heavy (non-hydrogen) atoms. The third-order valence-electron chi connectivity index (χ3n) is 2.17. The van der Waals surface area contributed by atoms with Crippen LogP contribution in [0.2, 0.25) is 0 Å². The first-order valence-corrected chi connectivity index (χ1v) is 4.41. The Labute approximate surface area is 78.1 Å². The van der Waals surface area contributed by atoms with Gasteiger partial charge in [0.25, 0.3) is 0 Å². The summed E-state index contributed by atoms with van der Waals surface area (Å²) in [6.45, 7) is 3.71. The standard InChI is InChI=1S/C9H17NO3/c1-6(3-4-11)5-7(2)8(10)9(12)13/h4,6-8H,3,5,10H2,1-2H3,(H,12,13). The van der Waals surface area contributed by atoms with Crippen molar-refractivity contribution in [2.75, 3.05) is 0 Å². The lowest BCUT2D eigenvalue weighted by Gasteiger charge is -2.18. The smallest absolute Gasteiger partial charge is 0.320 e. The maximum absolute atomic E-state index is 10.5. The number of nitrogens with two attached hydrogens (primary N) is 1. The molecular weight excluding hydrogens is 170 g/mol. The van der Waals surface area contributed by atoms with Gasteiger partial charge in [-0.3, -0.25) is 4.79 Å². The van der Waals surface area contributed by atoms with E-state index >= 15 is 0 Å². The van der Waals surface area contributed by atoms with E-state index in [2.05, 4.69) is 0 Å². The van der Waals surface area contributed by atoms with Crippen molar-refractivity contribution in [1.29, 1.82) is 0 Å². The Bertz CT molecular complexity index is 182. The summed E-state index contributed by atoms with van der Waals surface area (Å²) in [7, 11) is 0. The van der Waals surface area contributed by atoms with Crippen LogP contribution in [0.5, 0.6) is 0 Å². The summed E-state index contributed by atoms with van der Waals surface area (Å²) in [5.41, 5.74) is 5.42. The van der Waals surface area contributed by atoms with Crippen LogP contribution in [0.3, 0.4) is 0 Å². The average Bonchev–Trinajstić information content (AvgIpc) is 2.03. The lowest BCUT2D eigenvalue weighted by Crippen LogP contribution is -2.37. The third kappa shape index (κ3) is 4.62. The molecule has 3 N–H and O–H groups in total. The molecule has 0 spiro atoms. The summed E-state index contributed by atoms with van der Waals surface area (Å²) in [6, 6.07) is -0.825. The maximum Gasteiger partial charge on any atom is 0.320 e. The zero-order valence-electron chi connectivity index (χ0n) is 8.06. The van der Waals surface area contributed by atoms with Gasteiger partial charge < -0.3 is 15.6 Å². The van der Waals surface area contributed by atoms with E-state index in [1.807, 2.05) is 6.92 Å². The van der Waals surface area contributed by atoms with Crippen molar-refractivity contribution in [3.05, 3.63) is 0 Å². The fourth-order valence-corrected chi connectivity index (χ4v) is 1.29. The summed E-state index contributed by atoms with van der Waals surface area (Å²) in [5.74, 6) is -0.865. The Kier molecular flexibility index (Phi) is 5.30. The first kappa shape index (κ1) is 12.1. The van der Waals surface area contributed by atoms with Crippen molar-refractivity contribution in [3.63, 3.8) is 0 Å². The van der Waals surface area contributed by atoms with E-state index in [4.69, 9.17) is 10.8 Å². The van der Waals surface area contributed by atoms with Crippen LogP contribution in [0.15, 0.2) is 0 Å². The Balaban J connectivity index is 3.91. The van der Waals surface area contributed by atoms with Crippen molar-refractivity contribution in [3.8, 4) is 0 Å². The van der Waals surface area contributed by atoms with Crippen molar-refractivity contribution in [2.45, 2.75) is 32.7 Å². The van der Waals surface area contributed by atoms with Crippen LogP contribution in [-0.4, -0.2) is 23.4 Å². The number of hydrogen-bond acceptors (Lipinski definition) is 3. The first-order chi connectivity index (χ1) is 5.99. The van der Waals surface area contributed by atoms with Gasteiger partial charge in [-0.15, -0.1) is 0 Å². The molecule has 0 amide bonds. The van der Waals surface area contributed by atoms with Gasteiger partial charge in [0.05, 0.1) is 0 Å². The van der Waals surface area contributed by atoms with E-state index in [1.54, 1.807) is 6.92 Å². The molecule has 0 aliphatic rings. The molecule has 76 valence electrons.